The standard InChI is InChI=1S/C16H19N3O4/c1-11-18-15(19-23-11)10-22-14-7-3-2-6-13(14)16(20)17-9-12-5-4-8-21-12/h2-3,6-7,12H,4-5,8-10H2,1H3,(H,17,20). The van der Waals surface area contributed by atoms with E-state index in [1.54, 1.807) is 25.1 Å². The number of para-hydroxylation sites is 1. The Bertz CT molecular complexity index is 665. The van der Waals surface area contributed by atoms with Crippen molar-refractivity contribution in [3.8, 4) is 5.75 Å². The van der Waals surface area contributed by atoms with Crippen molar-refractivity contribution in [3.63, 3.8) is 0 Å². The Hall–Kier alpha value is -2.41. The van der Waals surface area contributed by atoms with Gasteiger partial charge in [0.1, 0.15) is 5.75 Å². The quantitative estimate of drug-likeness (QED) is 0.875. The van der Waals surface area contributed by atoms with Gasteiger partial charge in [-0.15, -0.1) is 0 Å². The first kappa shape index (κ1) is 15.5. The van der Waals surface area contributed by atoms with E-state index in [1.165, 1.54) is 0 Å². The van der Waals surface area contributed by atoms with Crippen molar-refractivity contribution >= 4 is 5.91 Å². The number of ether oxygens (including phenoxy) is 2. The minimum Gasteiger partial charge on any atom is -0.485 e. The zero-order chi connectivity index (χ0) is 16.1. The summed E-state index contributed by atoms with van der Waals surface area (Å²) in [6, 6.07) is 7.08. The number of amides is 1. The van der Waals surface area contributed by atoms with Gasteiger partial charge in [0.2, 0.25) is 11.7 Å². The monoisotopic (exact) mass is 317 g/mol. The van der Waals surface area contributed by atoms with E-state index in [2.05, 4.69) is 15.5 Å². The zero-order valence-electron chi connectivity index (χ0n) is 12.9. The van der Waals surface area contributed by atoms with Crippen LogP contribution in [-0.4, -0.2) is 35.3 Å². The SMILES string of the molecule is Cc1nc(COc2ccccc2C(=O)NCC2CCCO2)no1. The molecular formula is C16H19N3O4. The Balaban J connectivity index is 1.60. The minimum absolute atomic E-state index is 0.106. The summed E-state index contributed by atoms with van der Waals surface area (Å²) in [5.74, 6) is 1.23. The van der Waals surface area contributed by atoms with Gasteiger partial charge >= 0.3 is 0 Å². The molecule has 1 amide bonds. The van der Waals surface area contributed by atoms with E-state index in [9.17, 15) is 4.79 Å². The number of nitrogens with zero attached hydrogens (tertiary/aromatic N) is 2. The van der Waals surface area contributed by atoms with Gasteiger partial charge in [-0.25, -0.2) is 0 Å². The lowest BCUT2D eigenvalue weighted by molar-refractivity contribution is 0.0854. The first-order valence-corrected chi connectivity index (χ1v) is 7.63. The zero-order valence-corrected chi connectivity index (χ0v) is 12.9. The van der Waals surface area contributed by atoms with Crippen LogP contribution in [0.2, 0.25) is 0 Å². The van der Waals surface area contributed by atoms with Crippen molar-refractivity contribution in [2.24, 2.45) is 0 Å². The molecule has 0 radical (unpaired) electrons. The maximum Gasteiger partial charge on any atom is 0.255 e. The molecule has 2 aromatic rings. The highest BCUT2D eigenvalue weighted by Crippen LogP contribution is 2.19. The normalized spacial score (nSPS) is 17.2. The number of aryl methyl sites for hydroxylation is 1. The van der Waals surface area contributed by atoms with Gasteiger partial charge in [0.05, 0.1) is 11.7 Å². The Labute approximate surface area is 134 Å². The van der Waals surface area contributed by atoms with Crippen molar-refractivity contribution in [3.05, 3.63) is 41.5 Å². The molecule has 1 saturated heterocycles. The third kappa shape index (κ3) is 4.07. The second-order valence-electron chi connectivity index (χ2n) is 5.36. The van der Waals surface area contributed by atoms with Gasteiger partial charge in [-0.05, 0) is 25.0 Å². The average molecular weight is 317 g/mol. The Morgan fingerprint density at radius 2 is 2.30 bits per heavy atom. The third-order valence-electron chi connectivity index (χ3n) is 3.57. The predicted octanol–water partition coefficient (Wildman–Crippen LogP) is 1.87. The van der Waals surface area contributed by atoms with Crippen LogP contribution in [0.25, 0.3) is 0 Å². The lowest BCUT2D eigenvalue weighted by atomic mass is 10.1. The molecule has 7 nitrogen and oxygen atoms in total. The molecule has 1 aliphatic heterocycles. The largest absolute Gasteiger partial charge is 0.485 e. The highest BCUT2D eigenvalue weighted by Gasteiger charge is 2.18. The van der Waals surface area contributed by atoms with Gasteiger partial charge in [0.15, 0.2) is 6.61 Å². The summed E-state index contributed by atoms with van der Waals surface area (Å²) in [7, 11) is 0. The van der Waals surface area contributed by atoms with Crippen LogP contribution in [-0.2, 0) is 11.3 Å². The number of aromatic nitrogens is 2. The van der Waals surface area contributed by atoms with E-state index in [0.717, 1.165) is 19.4 Å². The molecule has 1 aliphatic rings. The van der Waals surface area contributed by atoms with Crippen LogP contribution in [0, 0.1) is 6.92 Å². The Morgan fingerprint density at radius 3 is 3.04 bits per heavy atom. The molecule has 23 heavy (non-hydrogen) atoms. The molecule has 7 heteroatoms. The van der Waals surface area contributed by atoms with Crippen LogP contribution in [0.1, 0.15) is 34.9 Å². The minimum atomic E-state index is -0.180. The fourth-order valence-corrected chi connectivity index (χ4v) is 2.43. The first-order chi connectivity index (χ1) is 11.2. The van der Waals surface area contributed by atoms with Crippen molar-refractivity contribution in [1.29, 1.82) is 0 Å². The highest BCUT2D eigenvalue weighted by molar-refractivity contribution is 5.96. The molecule has 122 valence electrons. The molecule has 0 spiro atoms. The van der Waals surface area contributed by atoms with Crippen LogP contribution >= 0.6 is 0 Å². The number of hydrogen-bond donors (Lipinski definition) is 1. The third-order valence-corrected chi connectivity index (χ3v) is 3.57. The number of benzene rings is 1. The second-order valence-corrected chi connectivity index (χ2v) is 5.36. The molecule has 3 rings (SSSR count). The molecular weight excluding hydrogens is 298 g/mol. The summed E-state index contributed by atoms with van der Waals surface area (Å²) in [5, 5.41) is 6.66. The number of carbonyl (C=O) groups excluding carboxylic acids is 1. The highest BCUT2D eigenvalue weighted by atomic mass is 16.5. The number of hydrogen-bond acceptors (Lipinski definition) is 6. The van der Waals surface area contributed by atoms with Crippen molar-refractivity contribution in [2.45, 2.75) is 32.5 Å². The number of nitrogens with one attached hydrogen (secondary N) is 1. The van der Waals surface area contributed by atoms with Crippen LogP contribution in [0.4, 0.5) is 0 Å². The van der Waals surface area contributed by atoms with E-state index in [4.69, 9.17) is 14.0 Å². The molecule has 0 saturated carbocycles. The van der Waals surface area contributed by atoms with E-state index in [-0.39, 0.29) is 18.6 Å². The molecule has 1 atom stereocenters. The first-order valence-electron chi connectivity index (χ1n) is 7.63. The van der Waals surface area contributed by atoms with Crippen molar-refractivity contribution in [2.75, 3.05) is 13.2 Å². The predicted molar refractivity (Wildman–Crippen MR) is 81.1 cm³/mol. The van der Waals surface area contributed by atoms with E-state index in [0.29, 0.717) is 29.6 Å². The molecule has 1 fully saturated rings. The van der Waals surface area contributed by atoms with E-state index in [1.807, 2.05) is 6.07 Å². The van der Waals surface area contributed by atoms with Crippen molar-refractivity contribution in [1.82, 2.24) is 15.5 Å². The summed E-state index contributed by atoms with van der Waals surface area (Å²) >= 11 is 0. The fourth-order valence-electron chi connectivity index (χ4n) is 2.43. The summed E-state index contributed by atoms with van der Waals surface area (Å²) in [5.41, 5.74) is 0.478. The van der Waals surface area contributed by atoms with Gasteiger partial charge in [-0.3, -0.25) is 4.79 Å². The number of rotatable bonds is 6. The molecule has 2 heterocycles. The van der Waals surface area contributed by atoms with Crippen LogP contribution in [0.15, 0.2) is 28.8 Å². The smallest absolute Gasteiger partial charge is 0.255 e. The molecule has 0 aliphatic carbocycles. The molecule has 1 unspecified atom stereocenters. The van der Waals surface area contributed by atoms with Crippen LogP contribution < -0.4 is 10.1 Å². The Morgan fingerprint density at radius 1 is 1.43 bits per heavy atom. The van der Waals surface area contributed by atoms with Gasteiger partial charge in [-0.1, -0.05) is 17.3 Å². The van der Waals surface area contributed by atoms with Crippen LogP contribution in [0.5, 0.6) is 5.75 Å². The lowest BCUT2D eigenvalue weighted by Crippen LogP contribution is -2.32. The van der Waals surface area contributed by atoms with Gasteiger partial charge in [-0.2, -0.15) is 4.98 Å². The lowest BCUT2D eigenvalue weighted by Gasteiger charge is -2.13. The average Bonchev–Trinajstić information content (AvgIpc) is 3.22. The topological polar surface area (TPSA) is 86.5 Å². The molecule has 1 aromatic heterocycles. The van der Waals surface area contributed by atoms with Gasteiger partial charge in [0.25, 0.3) is 5.91 Å². The van der Waals surface area contributed by atoms with Crippen LogP contribution in [0.3, 0.4) is 0 Å². The maximum absolute atomic E-state index is 12.3. The summed E-state index contributed by atoms with van der Waals surface area (Å²) in [4.78, 5) is 16.4. The second kappa shape index (κ2) is 7.23. The maximum atomic E-state index is 12.3. The Kier molecular flexibility index (Phi) is 4.87. The number of carbonyl (C=O) groups is 1. The summed E-state index contributed by atoms with van der Waals surface area (Å²) < 4.78 is 16.0. The van der Waals surface area contributed by atoms with E-state index >= 15 is 0 Å². The van der Waals surface area contributed by atoms with Crippen molar-refractivity contribution < 1.29 is 18.8 Å². The fraction of sp³-hybridized carbons (Fsp3) is 0.438. The molecule has 0 bridgehead atoms. The summed E-state index contributed by atoms with van der Waals surface area (Å²) in [6.45, 7) is 3.14. The van der Waals surface area contributed by atoms with E-state index < -0.39 is 0 Å². The molecule has 1 N–H and O–H groups in total. The van der Waals surface area contributed by atoms with Gasteiger partial charge in [0, 0.05) is 20.1 Å². The molecule has 1 aromatic carbocycles. The summed E-state index contributed by atoms with van der Waals surface area (Å²) in [6.07, 6.45) is 2.13. The van der Waals surface area contributed by atoms with Gasteiger partial charge < -0.3 is 19.3 Å².